The molecule has 0 aliphatic rings. The highest BCUT2D eigenvalue weighted by Crippen LogP contribution is 2.17. The predicted octanol–water partition coefficient (Wildman–Crippen LogP) is 2.63. The standard InChI is InChI=1S/C13H17N3.ClH/c1-10-13(9-14-3)11(2)16(15-10)12-7-5-4-6-8-12;/h4-8,14H,9H2,1-3H3;1H. The summed E-state index contributed by atoms with van der Waals surface area (Å²) in [4.78, 5) is 0. The molecular formula is C13H18ClN3. The van der Waals surface area contributed by atoms with Crippen molar-refractivity contribution in [1.82, 2.24) is 15.1 Å². The van der Waals surface area contributed by atoms with Crippen LogP contribution in [-0.2, 0) is 6.54 Å². The number of hydrogen-bond donors (Lipinski definition) is 1. The number of halogens is 1. The Hall–Kier alpha value is -1.32. The third-order valence-electron chi connectivity index (χ3n) is 2.80. The van der Waals surface area contributed by atoms with Crippen LogP contribution in [0.15, 0.2) is 30.3 Å². The summed E-state index contributed by atoms with van der Waals surface area (Å²) in [7, 11) is 1.96. The average molecular weight is 252 g/mol. The van der Waals surface area contributed by atoms with Crippen LogP contribution in [0.25, 0.3) is 5.69 Å². The van der Waals surface area contributed by atoms with Gasteiger partial charge in [0.1, 0.15) is 0 Å². The molecule has 0 radical (unpaired) electrons. The van der Waals surface area contributed by atoms with Crippen LogP contribution in [-0.4, -0.2) is 16.8 Å². The van der Waals surface area contributed by atoms with Crippen molar-refractivity contribution >= 4 is 12.4 Å². The Morgan fingerprint density at radius 3 is 2.41 bits per heavy atom. The summed E-state index contributed by atoms with van der Waals surface area (Å²) >= 11 is 0. The SMILES string of the molecule is CNCc1c(C)nn(-c2ccccc2)c1C.Cl. The summed E-state index contributed by atoms with van der Waals surface area (Å²) in [6.07, 6.45) is 0. The highest BCUT2D eigenvalue weighted by Gasteiger charge is 2.11. The summed E-state index contributed by atoms with van der Waals surface area (Å²) in [5.41, 5.74) is 4.70. The molecule has 1 aromatic carbocycles. The monoisotopic (exact) mass is 251 g/mol. The van der Waals surface area contributed by atoms with Crippen molar-refractivity contribution in [2.75, 3.05) is 7.05 Å². The summed E-state index contributed by atoms with van der Waals surface area (Å²) in [6.45, 7) is 5.03. The largest absolute Gasteiger partial charge is 0.316 e. The molecule has 0 aliphatic heterocycles. The van der Waals surface area contributed by atoms with E-state index in [2.05, 4.69) is 36.4 Å². The van der Waals surface area contributed by atoms with E-state index in [4.69, 9.17) is 0 Å². The summed E-state index contributed by atoms with van der Waals surface area (Å²) in [6, 6.07) is 10.2. The zero-order chi connectivity index (χ0) is 11.5. The Morgan fingerprint density at radius 1 is 1.18 bits per heavy atom. The highest BCUT2D eigenvalue weighted by atomic mass is 35.5. The number of aromatic nitrogens is 2. The van der Waals surface area contributed by atoms with Crippen molar-refractivity contribution in [2.45, 2.75) is 20.4 Å². The smallest absolute Gasteiger partial charge is 0.0648 e. The van der Waals surface area contributed by atoms with Crippen LogP contribution in [0.2, 0.25) is 0 Å². The molecule has 2 rings (SSSR count). The normalized spacial score (nSPS) is 10.1. The minimum absolute atomic E-state index is 0. The first-order valence-electron chi connectivity index (χ1n) is 5.49. The van der Waals surface area contributed by atoms with Crippen LogP contribution in [0.5, 0.6) is 0 Å². The van der Waals surface area contributed by atoms with E-state index >= 15 is 0 Å². The van der Waals surface area contributed by atoms with Gasteiger partial charge in [0.05, 0.1) is 11.4 Å². The molecule has 0 fully saturated rings. The molecule has 1 N–H and O–H groups in total. The summed E-state index contributed by atoms with van der Waals surface area (Å²) in [5, 5.41) is 7.75. The van der Waals surface area contributed by atoms with Crippen LogP contribution in [0.3, 0.4) is 0 Å². The Balaban J connectivity index is 0.00000144. The second-order valence-corrected chi connectivity index (χ2v) is 3.93. The van der Waals surface area contributed by atoms with Crippen molar-refractivity contribution in [3.05, 3.63) is 47.3 Å². The molecule has 0 spiro atoms. The number of hydrogen-bond acceptors (Lipinski definition) is 2. The quantitative estimate of drug-likeness (QED) is 0.909. The molecule has 2 aromatic rings. The van der Waals surface area contributed by atoms with Crippen molar-refractivity contribution in [1.29, 1.82) is 0 Å². The van der Waals surface area contributed by atoms with Crippen LogP contribution in [0, 0.1) is 13.8 Å². The van der Waals surface area contributed by atoms with Gasteiger partial charge in [-0.15, -0.1) is 12.4 Å². The molecule has 3 nitrogen and oxygen atoms in total. The second-order valence-electron chi connectivity index (χ2n) is 3.93. The highest BCUT2D eigenvalue weighted by molar-refractivity contribution is 5.85. The first-order valence-corrected chi connectivity index (χ1v) is 5.49. The first kappa shape index (κ1) is 13.7. The van der Waals surface area contributed by atoms with Gasteiger partial charge < -0.3 is 5.32 Å². The maximum Gasteiger partial charge on any atom is 0.0648 e. The summed E-state index contributed by atoms with van der Waals surface area (Å²) in [5.74, 6) is 0. The molecule has 92 valence electrons. The maximum atomic E-state index is 4.58. The fourth-order valence-corrected chi connectivity index (χ4v) is 1.93. The van der Waals surface area contributed by atoms with E-state index in [9.17, 15) is 0 Å². The van der Waals surface area contributed by atoms with E-state index < -0.39 is 0 Å². The van der Waals surface area contributed by atoms with Gasteiger partial charge in [0, 0.05) is 17.8 Å². The average Bonchev–Trinajstić information content (AvgIpc) is 2.59. The van der Waals surface area contributed by atoms with Gasteiger partial charge in [-0.3, -0.25) is 0 Å². The third kappa shape index (κ3) is 2.68. The Labute approximate surface area is 108 Å². The Bertz CT molecular complexity index is 477. The van der Waals surface area contributed by atoms with Crippen molar-refractivity contribution in [2.24, 2.45) is 0 Å². The van der Waals surface area contributed by atoms with E-state index in [0.717, 1.165) is 17.9 Å². The number of rotatable bonds is 3. The van der Waals surface area contributed by atoms with Crippen LogP contribution >= 0.6 is 12.4 Å². The van der Waals surface area contributed by atoms with E-state index in [0.29, 0.717) is 0 Å². The fourth-order valence-electron chi connectivity index (χ4n) is 1.93. The van der Waals surface area contributed by atoms with E-state index in [1.54, 1.807) is 0 Å². The molecule has 0 unspecified atom stereocenters. The predicted molar refractivity (Wildman–Crippen MR) is 73.0 cm³/mol. The van der Waals surface area contributed by atoms with Gasteiger partial charge >= 0.3 is 0 Å². The molecule has 0 atom stereocenters. The van der Waals surface area contributed by atoms with Crippen molar-refractivity contribution in [3.8, 4) is 5.69 Å². The minimum Gasteiger partial charge on any atom is -0.316 e. The number of nitrogens with one attached hydrogen (secondary N) is 1. The third-order valence-corrected chi connectivity index (χ3v) is 2.80. The zero-order valence-electron chi connectivity index (χ0n) is 10.4. The maximum absolute atomic E-state index is 4.58. The van der Waals surface area contributed by atoms with Gasteiger partial charge in [0.2, 0.25) is 0 Å². The molecule has 0 aliphatic carbocycles. The molecule has 0 saturated heterocycles. The molecule has 0 saturated carbocycles. The lowest BCUT2D eigenvalue weighted by Crippen LogP contribution is -2.07. The summed E-state index contributed by atoms with van der Waals surface area (Å²) < 4.78 is 2.00. The number of para-hydroxylation sites is 1. The van der Waals surface area contributed by atoms with Crippen LogP contribution < -0.4 is 5.32 Å². The molecule has 17 heavy (non-hydrogen) atoms. The molecule has 0 bridgehead atoms. The van der Waals surface area contributed by atoms with Crippen molar-refractivity contribution in [3.63, 3.8) is 0 Å². The number of aryl methyl sites for hydroxylation is 1. The minimum atomic E-state index is 0. The van der Waals surface area contributed by atoms with Gasteiger partial charge in [-0.1, -0.05) is 18.2 Å². The lowest BCUT2D eigenvalue weighted by Gasteiger charge is -2.04. The molecule has 1 heterocycles. The van der Waals surface area contributed by atoms with Crippen LogP contribution in [0.1, 0.15) is 17.0 Å². The zero-order valence-corrected chi connectivity index (χ0v) is 11.2. The lowest BCUT2D eigenvalue weighted by atomic mass is 10.2. The van der Waals surface area contributed by atoms with E-state index in [1.165, 1.54) is 11.3 Å². The second kappa shape index (κ2) is 5.84. The van der Waals surface area contributed by atoms with Gasteiger partial charge in [-0.05, 0) is 33.0 Å². The van der Waals surface area contributed by atoms with E-state index in [-0.39, 0.29) is 12.4 Å². The topological polar surface area (TPSA) is 29.9 Å². The van der Waals surface area contributed by atoms with Gasteiger partial charge in [0.15, 0.2) is 0 Å². The fraction of sp³-hybridized carbons (Fsp3) is 0.308. The number of nitrogens with zero attached hydrogens (tertiary/aromatic N) is 2. The van der Waals surface area contributed by atoms with Gasteiger partial charge in [-0.2, -0.15) is 5.10 Å². The lowest BCUT2D eigenvalue weighted by molar-refractivity contribution is 0.801. The van der Waals surface area contributed by atoms with Gasteiger partial charge in [-0.25, -0.2) is 4.68 Å². The molecule has 0 amide bonds. The molecule has 4 heteroatoms. The van der Waals surface area contributed by atoms with Gasteiger partial charge in [0.25, 0.3) is 0 Å². The number of benzene rings is 1. The molecule has 1 aromatic heterocycles. The Morgan fingerprint density at radius 2 is 1.82 bits per heavy atom. The van der Waals surface area contributed by atoms with E-state index in [1.807, 2.05) is 29.9 Å². The first-order chi connectivity index (χ1) is 7.74. The van der Waals surface area contributed by atoms with Crippen LogP contribution in [0.4, 0.5) is 0 Å². The Kier molecular flexibility index (Phi) is 4.73. The molecular weight excluding hydrogens is 234 g/mol. The van der Waals surface area contributed by atoms with Crippen molar-refractivity contribution < 1.29 is 0 Å².